The number of aliphatic hydroxyl groups excluding tert-OH is 1. The Balaban J connectivity index is 3.07. The molecule has 0 aromatic heterocycles. The number of nitrogens with one attached hydrogen (secondary N) is 3. The molecule has 0 aliphatic carbocycles. The molecule has 5 atom stereocenters. The molecular formula is C22H35N7O6. The van der Waals surface area contributed by atoms with Gasteiger partial charge in [0.2, 0.25) is 17.7 Å². The summed E-state index contributed by atoms with van der Waals surface area (Å²) < 4.78 is 0. The lowest BCUT2D eigenvalue weighted by Crippen LogP contribution is -2.58. The molecule has 0 spiro atoms. The van der Waals surface area contributed by atoms with Gasteiger partial charge in [-0.15, -0.1) is 0 Å². The maximum Gasteiger partial charge on any atom is 0.325 e. The molecule has 0 aliphatic rings. The summed E-state index contributed by atoms with van der Waals surface area (Å²) in [5.41, 5.74) is 17.0. The van der Waals surface area contributed by atoms with E-state index in [-0.39, 0.29) is 25.3 Å². The Morgan fingerprint density at radius 2 is 1.51 bits per heavy atom. The Labute approximate surface area is 203 Å². The largest absolute Gasteiger partial charge is 0.480 e. The van der Waals surface area contributed by atoms with Crippen molar-refractivity contribution in [3.63, 3.8) is 0 Å². The summed E-state index contributed by atoms with van der Waals surface area (Å²) in [6.07, 6.45) is -0.666. The first-order valence-corrected chi connectivity index (χ1v) is 11.1. The Kier molecular flexibility index (Phi) is 12.2. The summed E-state index contributed by atoms with van der Waals surface area (Å²) >= 11 is 0. The number of carboxylic acids is 1. The highest BCUT2D eigenvalue weighted by Crippen LogP contribution is 2.07. The van der Waals surface area contributed by atoms with E-state index in [1.807, 2.05) is 0 Å². The second-order valence-corrected chi connectivity index (χ2v) is 8.10. The lowest BCUT2D eigenvalue weighted by Gasteiger charge is -2.25. The van der Waals surface area contributed by atoms with Gasteiger partial charge in [0.05, 0.1) is 6.10 Å². The normalized spacial score (nSPS) is 15.0. The van der Waals surface area contributed by atoms with Crippen LogP contribution in [-0.4, -0.2) is 76.7 Å². The second-order valence-electron chi connectivity index (χ2n) is 8.10. The molecule has 0 saturated heterocycles. The fraction of sp³-hybridized carbons (Fsp3) is 0.500. The monoisotopic (exact) mass is 493 g/mol. The average Bonchev–Trinajstić information content (AvgIpc) is 2.79. The fourth-order valence-electron chi connectivity index (χ4n) is 2.97. The Bertz CT molecular complexity index is 890. The van der Waals surface area contributed by atoms with Gasteiger partial charge in [-0.25, -0.2) is 0 Å². The minimum Gasteiger partial charge on any atom is -0.480 e. The maximum atomic E-state index is 13.2. The number of aliphatic hydroxyl groups is 1. The minimum atomic E-state index is -1.27. The van der Waals surface area contributed by atoms with Crippen LogP contribution < -0.4 is 33.2 Å². The molecule has 1 aromatic carbocycles. The van der Waals surface area contributed by atoms with Crippen molar-refractivity contribution in [2.24, 2.45) is 22.2 Å². The molecule has 0 saturated carbocycles. The molecule has 13 heteroatoms. The van der Waals surface area contributed by atoms with Crippen molar-refractivity contribution in [3.05, 3.63) is 35.9 Å². The molecule has 1 aromatic rings. The van der Waals surface area contributed by atoms with Crippen LogP contribution in [0, 0.1) is 0 Å². The fourth-order valence-corrected chi connectivity index (χ4v) is 2.97. The van der Waals surface area contributed by atoms with Gasteiger partial charge >= 0.3 is 5.97 Å². The van der Waals surface area contributed by atoms with Gasteiger partial charge in [-0.3, -0.25) is 24.2 Å². The van der Waals surface area contributed by atoms with Crippen LogP contribution >= 0.6 is 0 Å². The number of amides is 3. The number of carbonyl (C=O) groups excluding carboxylic acids is 3. The minimum absolute atomic E-state index is 0.0822. The highest BCUT2D eigenvalue weighted by molar-refractivity contribution is 5.94. The van der Waals surface area contributed by atoms with Crippen molar-refractivity contribution in [2.45, 2.75) is 63.4 Å². The number of hydrogen-bond acceptors (Lipinski definition) is 7. The smallest absolute Gasteiger partial charge is 0.325 e. The van der Waals surface area contributed by atoms with E-state index >= 15 is 0 Å². The van der Waals surface area contributed by atoms with Gasteiger partial charge in [0.25, 0.3) is 0 Å². The highest BCUT2D eigenvalue weighted by Gasteiger charge is 2.30. The molecule has 11 N–H and O–H groups in total. The third-order valence-corrected chi connectivity index (χ3v) is 5.05. The molecule has 1 rings (SSSR count). The number of rotatable bonds is 14. The van der Waals surface area contributed by atoms with E-state index in [4.69, 9.17) is 22.3 Å². The van der Waals surface area contributed by atoms with Crippen molar-refractivity contribution in [1.82, 2.24) is 16.0 Å². The van der Waals surface area contributed by atoms with Crippen molar-refractivity contribution < 1.29 is 29.4 Å². The van der Waals surface area contributed by atoms with Crippen LogP contribution in [0.2, 0.25) is 0 Å². The van der Waals surface area contributed by atoms with E-state index in [1.54, 1.807) is 30.3 Å². The van der Waals surface area contributed by atoms with Crippen molar-refractivity contribution in [2.75, 3.05) is 6.54 Å². The van der Waals surface area contributed by atoms with Gasteiger partial charge in [-0.2, -0.15) is 0 Å². The summed E-state index contributed by atoms with van der Waals surface area (Å²) in [6.45, 7) is 2.81. The summed E-state index contributed by atoms with van der Waals surface area (Å²) in [5, 5.41) is 26.1. The zero-order chi connectivity index (χ0) is 26.5. The van der Waals surface area contributed by atoms with Crippen LogP contribution in [0.15, 0.2) is 35.3 Å². The molecule has 0 heterocycles. The summed E-state index contributed by atoms with van der Waals surface area (Å²) in [5.74, 6) is -3.53. The highest BCUT2D eigenvalue weighted by atomic mass is 16.4. The SMILES string of the molecule is CC(NC(=O)C(CCCN=C(N)N)NC(=O)C(Cc1ccccc1)NC(=O)C(N)C(C)O)C(=O)O. The first-order valence-electron chi connectivity index (χ1n) is 11.1. The predicted octanol–water partition coefficient (Wildman–Crippen LogP) is -2.45. The molecule has 3 amide bonds. The van der Waals surface area contributed by atoms with E-state index in [0.29, 0.717) is 6.42 Å². The number of guanidine groups is 1. The molecule has 0 radical (unpaired) electrons. The van der Waals surface area contributed by atoms with Gasteiger partial charge in [0.1, 0.15) is 24.2 Å². The van der Waals surface area contributed by atoms with Gasteiger partial charge in [0, 0.05) is 13.0 Å². The number of hydrogen-bond donors (Lipinski definition) is 8. The summed E-state index contributed by atoms with van der Waals surface area (Å²) in [4.78, 5) is 53.3. The molecule has 194 valence electrons. The molecule has 35 heavy (non-hydrogen) atoms. The number of aliphatic imine (C=N–C) groups is 1. The molecule has 0 aliphatic heterocycles. The zero-order valence-electron chi connectivity index (χ0n) is 19.8. The molecule has 13 nitrogen and oxygen atoms in total. The third kappa shape index (κ3) is 10.8. The first kappa shape index (κ1) is 29.3. The molecule has 0 fully saturated rings. The Morgan fingerprint density at radius 3 is 2.06 bits per heavy atom. The molecule has 0 bridgehead atoms. The molecule has 5 unspecified atom stereocenters. The topological polar surface area (TPSA) is 235 Å². The Hall–Kier alpha value is -3.71. The molecular weight excluding hydrogens is 458 g/mol. The average molecular weight is 494 g/mol. The van der Waals surface area contributed by atoms with Gasteiger partial charge in [0.15, 0.2) is 5.96 Å². The van der Waals surface area contributed by atoms with E-state index in [1.165, 1.54) is 13.8 Å². The third-order valence-electron chi connectivity index (χ3n) is 5.05. The number of nitrogens with two attached hydrogens (primary N) is 3. The van der Waals surface area contributed by atoms with Crippen LogP contribution in [0.4, 0.5) is 0 Å². The number of carbonyl (C=O) groups is 4. The number of carboxylic acid groups (broad SMARTS) is 1. The second kappa shape index (κ2) is 14.5. The van der Waals surface area contributed by atoms with E-state index < -0.39 is 54.0 Å². The summed E-state index contributed by atoms with van der Waals surface area (Å²) in [6, 6.07) is 4.13. The van der Waals surface area contributed by atoms with Crippen LogP contribution in [0.3, 0.4) is 0 Å². The van der Waals surface area contributed by atoms with E-state index in [9.17, 15) is 24.3 Å². The van der Waals surface area contributed by atoms with Crippen LogP contribution in [0.25, 0.3) is 0 Å². The van der Waals surface area contributed by atoms with Crippen LogP contribution in [0.5, 0.6) is 0 Å². The number of aliphatic carboxylic acids is 1. The zero-order valence-corrected chi connectivity index (χ0v) is 19.8. The lowest BCUT2D eigenvalue weighted by atomic mass is 10.0. The number of benzene rings is 1. The van der Waals surface area contributed by atoms with Crippen molar-refractivity contribution in [3.8, 4) is 0 Å². The number of nitrogens with zero attached hydrogens (tertiary/aromatic N) is 1. The Morgan fingerprint density at radius 1 is 0.943 bits per heavy atom. The maximum absolute atomic E-state index is 13.2. The predicted molar refractivity (Wildman–Crippen MR) is 129 cm³/mol. The van der Waals surface area contributed by atoms with Crippen molar-refractivity contribution in [1.29, 1.82) is 0 Å². The van der Waals surface area contributed by atoms with Gasteiger partial charge in [-0.05, 0) is 32.3 Å². The van der Waals surface area contributed by atoms with E-state index in [2.05, 4.69) is 20.9 Å². The standard InChI is InChI=1S/C22H35N7O6/c1-12(21(34)35)27-18(31)15(9-6-10-26-22(24)25)28-19(32)16(11-14-7-4-3-5-8-14)29-20(33)17(23)13(2)30/h3-5,7-8,12-13,15-17,30H,6,9-11,23H2,1-2H3,(H,27,31)(H,28,32)(H,29,33)(H,34,35)(H4,24,25,26). The van der Waals surface area contributed by atoms with Crippen LogP contribution in [0.1, 0.15) is 32.3 Å². The van der Waals surface area contributed by atoms with Crippen molar-refractivity contribution >= 4 is 29.7 Å². The van der Waals surface area contributed by atoms with E-state index in [0.717, 1.165) is 5.56 Å². The summed E-state index contributed by atoms with van der Waals surface area (Å²) in [7, 11) is 0. The van der Waals surface area contributed by atoms with Gasteiger partial charge in [-0.1, -0.05) is 30.3 Å². The lowest BCUT2D eigenvalue weighted by molar-refractivity contribution is -0.141. The first-order chi connectivity index (χ1) is 16.4. The quantitative estimate of drug-likeness (QED) is 0.0778. The van der Waals surface area contributed by atoms with Gasteiger partial charge < -0.3 is 43.4 Å². The van der Waals surface area contributed by atoms with Crippen LogP contribution in [-0.2, 0) is 25.6 Å².